The Hall–Kier alpha value is -5.19. The van der Waals surface area contributed by atoms with Crippen molar-refractivity contribution in [3.05, 3.63) is 123 Å². The van der Waals surface area contributed by atoms with Gasteiger partial charge < -0.3 is 19.1 Å². The quantitative estimate of drug-likeness (QED) is 0.151. The lowest BCUT2D eigenvalue weighted by molar-refractivity contribution is 0.0690. The fourth-order valence-corrected chi connectivity index (χ4v) is 5.37. The Morgan fingerprint density at radius 1 is 0.958 bits per heavy atom. The highest BCUT2D eigenvalue weighted by molar-refractivity contribution is 6.36. The highest BCUT2D eigenvalue weighted by Gasteiger charge is 2.20. The summed E-state index contributed by atoms with van der Waals surface area (Å²) in [5, 5.41) is 12.6. The van der Waals surface area contributed by atoms with Gasteiger partial charge in [-0.1, -0.05) is 65.7 Å². The molecule has 0 atom stereocenters. The number of hydrogen-bond donors (Lipinski definition) is 2. The SMILES string of the molecule is COc1cc(-c2ccc(C=Cc3nc(-c4ccc(Cl)cc4Cl)cn3Cc3ccc(C(=O)O)c(F)c3F)cc2)ccc1NC(=O)OC(C)C. The van der Waals surface area contributed by atoms with Gasteiger partial charge in [-0.2, -0.15) is 0 Å². The van der Waals surface area contributed by atoms with Crippen LogP contribution in [0.3, 0.4) is 0 Å². The normalized spacial score (nSPS) is 11.2. The summed E-state index contributed by atoms with van der Waals surface area (Å²) in [6.45, 7) is 3.38. The van der Waals surface area contributed by atoms with E-state index in [0.29, 0.717) is 38.6 Å². The van der Waals surface area contributed by atoms with Crippen molar-refractivity contribution in [1.29, 1.82) is 0 Å². The Bertz CT molecular complexity index is 2030. The van der Waals surface area contributed by atoms with Crippen LogP contribution < -0.4 is 10.1 Å². The van der Waals surface area contributed by atoms with Crippen molar-refractivity contribution in [3.8, 4) is 28.1 Å². The van der Waals surface area contributed by atoms with Gasteiger partial charge in [0.15, 0.2) is 11.6 Å². The second kappa shape index (κ2) is 14.7. The standard InChI is InChI=1S/C36H29Cl2F2N3O5/c1-20(2)48-36(46)42-29-14-10-23(16-31(29)47-3)22-7-4-21(5-8-22)6-15-32-41-30(26-13-11-25(37)17-28(26)38)19-43(32)18-24-9-12-27(35(44)45)34(40)33(24)39/h4-17,19-20H,18H2,1-3H3,(H,42,46)(H,44,45). The number of rotatable bonds is 10. The maximum absolute atomic E-state index is 14.9. The maximum atomic E-state index is 14.9. The number of carboxylic acid groups (broad SMARTS) is 1. The molecule has 0 aliphatic carbocycles. The molecule has 0 fully saturated rings. The van der Waals surface area contributed by atoms with E-state index in [-0.39, 0.29) is 18.2 Å². The summed E-state index contributed by atoms with van der Waals surface area (Å²) in [5.74, 6) is -3.38. The first-order valence-corrected chi connectivity index (χ1v) is 15.4. The first-order valence-electron chi connectivity index (χ1n) is 14.6. The van der Waals surface area contributed by atoms with Gasteiger partial charge in [-0.05, 0) is 73.0 Å². The Balaban J connectivity index is 1.43. The zero-order valence-electron chi connectivity index (χ0n) is 25.9. The third kappa shape index (κ3) is 7.84. The van der Waals surface area contributed by atoms with Gasteiger partial charge in [-0.3, -0.25) is 5.32 Å². The average molecular weight is 693 g/mol. The molecule has 5 aromatic rings. The van der Waals surface area contributed by atoms with Gasteiger partial charge in [0.25, 0.3) is 0 Å². The molecule has 4 aromatic carbocycles. The molecule has 1 heterocycles. The first kappa shape index (κ1) is 34.2. The fraction of sp³-hybridized carbons (Fsp3) is 0.139. The molecule has 246 valence electrons. The van der Waals surface area contributed by atoms with Crippen molar-refractivity contribution in [2.75, 3.05) is 12.4 Å². The number of carboxylic acids is 1. The number of aromatic nitrogens is 2. The minimum atomic E-state index is -1.56. The summed E-state index contributed by atoms with van der Waals surface area (Å²) >= 11 is 12.5. The van der Waals surface area contributed by atoms with Crippen molar-refractivity contribution in [3.63, 3.8) is 0 Å². The van der Waals surface area contributed by atoms with Crippen LogP contribution in [0.15, 0.2) is 79.0 Å². The number of ether oxygens (including phenoxy) is 2. The monoisotopic (exact) mass is 691 g/mol. The maximum Gasteiger partial charge on any atom is 0.411 e. The van der Waals surface area contributed by atoms with E-state index in [1.807, 2.05) is 36.4 Å². The van der Waals surface area contributed by atoms with Gasteiger partial charge in [-0.15, -0.1) is 0 Å². The summed E-state index contributed by atoms with van der Waals surface area (Å²) in [6.07, 6.45) is 4.34. The number of imidazole rings is 1. The summed E-state index contributed by atoms with van der Waals surface area (Å²) in [5.41, 5.74) is 3.29. The minimum absolute atomic E-state index is 0.0592. The molecule has 8 nitrogen and oxygen atoms in total. The van der Waals surface area contributed by atoms with Gasteiger partial charge in [0.05, 0.1) is 41.7 Å². The van der Waals surface area contributed by atoms with Crippen LogP contribution >= 0.6 is 23.2 Å². The van der Waals surface area contributed by atoms with Crippen LogP contribution in [0.5, 0.6) is 5.75 Å². The number of hydrogen-bond acceptors (Lipinski definition) is 5. The van der Waals surface area contributed by atoms with E-state index in [9.17, 15) is 18.4 Å². The zero-order chi connectivity index (χ0) is 34.5. The highest BCUT2D eigenvalue weighted by atomic mass is 35.5. The highest BCUT2D eigenvalue weighted by Crippen LogP contribution is 2.33. The van der Waals surface area contributed by atoms with E-state index in [1.54, 1.807) is 61.0 Å². The summed E-state index contributed by atoms with van der Waals surface area (Å²) in [6, 6.07) is 20.2. The van der Waals surface area contributed by atoms with Crippen LogP contribution in [0.1, 0.15) is 41.2 Å². The topological polar surface area (TPSA) is 103 Å². The molecule has 5 rings (SSSR count). The zero-order valence-corrected chi connectivity index (χ0v) is 27.4. The van der Waals surface area contributed by atoms with E-state index >= 15 is 0 Å². The van der Waals surface area contributed by atoms with Crippen LogP contribution in [0.4, 0.5) is 19.3 Å². The molecular weight excluding hydrogens is 663 g/mol. The molecule has 0 aliphatic rings. The molecule has 1 aromatic heterocycles. The van der Waals surface area contributed by atoms with E-state index in [4.69, 9.17) is 42.8 Å². The summed E-state index contributed by atoms with van der Waals surface area (Å²) < 4.78 is 41.7. The first-order chi connectivity index (χ1) is 22.9. The van der Waals surface area contributed by atoms with Crippen LogP contribution in [-0.4, -0.2) is 39.9 Å². The van der Waals surface area contributed by atoms with Gasteiger partial charge in [0.1, 0.15) is 11.6 Å². The van der Waals surface area contributed by atoms with Crippen molar-refractivity contribution in [2.24, 2.45) is 0 Å². The number of methoxy groups -OCH3 is 1. The van der Waals surface area contributed by atoms with Gasteiger partial charge in [0.2, 0.25) is 0 Å². The number of carbonyl (C=O) groups excluding carboxylic acids is 1. The third-order valence-electron chi connectivity index (χ3n) is 7.20. The molecule has 0 saturated heterocycles. The number of nitrogens with zero attached hydrogens (tertiary/aromatic N) is 2. The molecule has 48 heavy (non-hydrogen) atoms. The number of benzene rings is 4. The van der Waals surface area contributed by atoms with E-state index in [2.05, 4.69) is 5.32 Å². The van der Waals surface area contributed by atoms with Gasteiger partial charge in [-0.25, -0.2) is 23.4 Å². The molecule has 2 N–H and O–H groups in total. The summed E-state index contributed by atoms with van der Waals surface area (Å²) in [4.78, 5) is 28.0. The van der Waals surface area contributed by atoms with E-state index in [1.165, 1.54) is 13.2 Å². The molecule has 0 spiro atoms. The van der Waals surface area contributed by atoms with Crippen LogP contribution in [0, 0.1) is 11.6 Å². The van der Waals surface area contributed by atoms with Gasteiger partial charge >= 0.3 is 12.1 Å². The molecule has 0 bridgehead atoms. The predicted molar refractivity (Wildman–Crippen MR) is 183 cm³/mol. The number of amides is 1. The number of nitrogens with one attached hydrogen (secondary N) is 1. The van der Waals surface area contributed by atoms with Crippen molar-refractivity contribution >= 4 is 53.1 Å². The Morgan fingerprint density at radius 3 is 2.35 bits per heavy atom. The van der Waals surface area contributed by atoms with E-state index in [0.717, 1.165) is 22.8 Å². The molecule has 0 radical (unpaired) electrons. The van der Waals surface area contributed by atoms with E-state index < -0.39 is 29.3 Å². The Labute approximate surface area is 285 Å². The lowest BCUT2D eigenvalue weighted by Gasteiger charge is -2.13. The van der Waals surface area contributed by atoms with Crippen LogP contribution in [0.25, 0.3) is 34.5 Å². The van der Waals surface area contributed by atoms with Gasteiger partial charge in [0, 0.05) is 22.3 Å². The Morgan fingerprint density at radius 2 is 1.69 bits per heavy atom. The molecule has 0 saturated carbocycles. The molecule has 12 heteroatoms. The van der Waals surface area contributed by atoms with Crippen molar-refractivity contribution in [2.45, 2.75) is 26.5 Å². The lowest BCUT2D eigenvalue weighted by Crippen LogP contribution is -2.18. The van der Waals surface area contributed by atoms with Crippen LogP contribution in [0.2, 0.25) is 10.0 Å². The summed E-state index contributed by atoms with van der Waals surface area (Å²) in [7, 11) is 1.51. The van der Waals surface area contributed by atoms with Crippen molar-refractivity contribution < 1.29 is 33.0 Å². The fourth-order valence-electron chi connectivity index (χ4n) is 4.86. The molecule has 0 aliphatic heterocycles. The second-order valence-corrected chi connectivity index (χ2v) is 11.7. The third-order valence-corrected chi connectivity index (χ3v) is 7.75. The largest absolute Gasteiger partial charge is 0.495 e. The number of anilines is 1. The minimum Gasteiger partial charge on any atom is -0.495 e. The molecule has 1 amide bonds. The number of aromatic carboxylic acids is 1. The lowest BCUT2D eigenvalue weighted by atomic mass is 10.0. The number of halogens is 4. The number of carbonyl (C=O) groups is 2. The van der Waals surface area contributed by atoms with Crippen LogP contribution in [-0.2, 0) is 11.3 Å². The Kier molecular flexibility index (Phi) is 10.5. The molecular formula is C36H29Cl2F2N3O5. The smallest absolute Gasteiger partial charge is 0.411 e. The average Bonchev–Trinajstić information content (AvgIpc) is 3.44. The second-order valence-electron chi connectivity index (χ2n) is 10.9. The predicted octanol–water partition coefficient (Wildman–Crippen LogP) is 9.68. The van der Waals surface area contributed by atoms with Crippen molar-refractivity contribution in [1.82, 2.24) is 9.55 Å². The molecule has 0 unspecified atom stereocenters.